The largest absolute Gasteiger partial charge is 0.399 e. The number of rotatable bonds is 3. The Bertz CT molecular complexity index is 590. The van der Waals surface area contributed by atoms with Gasteiger partial charge in [0.2, 0.25) is 0 Å². The van der Waals surface area contributed by atoms with Crippen molar-refractivity contribution in [1.82, 2.24) is 20.2 Å². The molecule has 1 saturated carbocycles. The van der Waals surface area contributed by atoms with Crippen molar-refractivity contribution < 1.29 is 0 Å². The normalized spacial score (nSPS) is 17.5. The van der Waals surface area contributed by atoms with Crippen molar-refractivity contribution in [3.05, 3.63) is 23.8 Å². The maximum Gasteiger partial charge on any atom is 0.182 e. The first-order valence-electron chi connectivity index (χ1n) is 7.19. The summed E-state index contributed by atoms with van der Waals surface area (Å²) in [6, 6.07) is 5.97. The summed E-state index contributed by atoms with van der Waals surface area (Å²) >= 11 is 0. The van der Waals surface area contributed by atoms with Gasteiger partial charge in [0, 0.05) is 11.3 Å². The van der Waals surface area contributed by atoms with Crippen LogP contribution in [0.2, 0.25) is 0 Å². The Hall–Kier alpha value is -1.91. The van der Waals surface area contributed by atoms with Crippen LogP contribution in [0, 0.1) is 12.3 Å². The number of hydrogen-bond acceptors (Lipinski definition) is 4. The van der Waals surface area contributed by atoms with E-state index in [4.69, 9.17) is 5.73 Å². The van der Waals surface area contributed by atoms with Gasteiger partial charge < -0.3 is 5.73 Å². The molecule has 1 aliphatic rings. The molecule has 5 heteroatoms. The van der Waals surface area contributed by atoms with Gasteiger partial charge in [-0.25, -0.2) is 4.68 Å². The summed E-state index contributed by atoms with van der Waals surface area (Å²) in [5.41, 5.74) is 9.12. The van der Waals surface area contributed by atoms with E-state index in [0.717, 1.165) is 29.2 Å². The van der Waals surface area contributed by atoms with E-state index in [1.54, 1.807) is 0 Å². The molecule has 0 spiro atoms. The predicted molar refractivity (Wildman–Crippen MR) is 79.0 cm³/mol. The van der Waals surface area contributed by atoms with Gasteiger partial charge in [-0.3, -0.25) is 0 Å². The molecule has 0 atom stereocenters. The third kappa shape index (κ3) is 2.53. The fourth-order valence-corrected chi connectivity index (χ4v) is 3.21. The highest BCUT2D eigenvalue weighted by atomic mass is 15.5. The molecule has 1 aliphatic carbocycles. The molecule has 2 N–H and O–H groups in total. The summed E-state index contributed by atoms with van der Waals surface area (Å²) in [4.78, 5) is 0. The maximum atomic E-state index is 5.93. The van der Waals surface area contributed by atoms with E-state index in [-0.39, 0.29) is 0 Å². The average Bonchev–Trinajstić information content (AvgIpc) is 2.98. The zero-order chi connectivity index (χ0) is 14.2. The smallest absolute Gasteiger partial charge is 0.182 e. The minimum absolute atomic E-state index is 0.319. The molecule has 5 nitrogen and oxygen atoms in total. The first-order valence-corrected chi connectivity index (χ1v) is 7.19. The summed E-state index contributed by atoms with van der Waals surface area (Å²) in [5, 5.41) is 12.2. The number of aromatic nitrogens is 4. The highest BCUT2D eigenvalue weighted by Crippen LogP contribution is 2.39. The van der Waals surface area contributed by atoms with Crippen molar-refractivity contribution in [3.8, 4) is 11.4 Å². The Kier molecular flexibility index (Phi) is 3.20. The SMILES string of the molecule is Cc1cc(N)cc(-c2nnnn2CC2(C)CCCC2)c1. The van der Waals surface area contributed by atoms with Gasteiger partial charge in [-0.15, -0.1) is 5.10 Å². The molecule has 0 saturated heterocycles. The standard InChI is InChI=1S/C15H21N5/c1-11-7-12(9-13(16)8-11)14-17-18-19-20(14)10-15(2)5-3-4-6-15/h7-9H,3-6,10,16H2,1-2H3. The second-order valence-corrected chi connectivity index (χ2v) is 6.31. The molecule has 1 aromatic heterocycles. The number of nitrogens with zero attached hydrogens (tertiary/aromatic N) is 4. The molecule has 1 heterocycles. The average molecular weight is 271 g/mol. The maximum absolute atomic E-state index is 5.93. The molecule has 3 rings (SSSR count). The van der Waals surface area contributed by atoms with Gasteiger partial charge in [-0.2, -0.15) is 0 Å². The van der Waals surface area contributed by atoms with Crippen LogP contribution in [0.4, 0.5) is 5.69 Å². The molecule has 2 aromatic rings. The zero-order valence-electron chi connectivity index (χ0n) is 12.1. The van der Waals surface area contributed by atoms with Crippen molar-refractivity contribution in [3.63, 3.8) is 0 Å². The van der Waals surface area contributed by atoms with Crippen molar-refractivity contribution in [2.75, 3.05) is 5.73 Å². The summed E-state index contributed by atoms with van der Waals surface area (Å²) in [5.74, 6) is 0.813. The van der Waals surface area contributed by atoms with Gasteiger partial charge in [-0.05, 0) is 59.4 Å². The summed E-state index contributed by atoms with van der Waals surface area (Å²) in [6.07, 6.45) is 5.13. The van der Waals surface area contributed by atoms with Crippen LogP contribution >= 0.6 is 0 Å². The Balaban J connectivity index is 1.93. The van der Waals surface area contributed by atoms with Crippen LogP contribution in [-0.4, -0.2) is 20.2 Å². The van der Waals surface area contributed by atoms with E-state index in [9.17, 15) is 0 Å². The molecule has 0 unspecified atom stereocenters. The first-order chi connectivity index (χ1) is 9.56. The third-order valence-corrected chi connectivity index (χ3v) is 4.23. The van der Waals surface area contributed by atoms with Crippen LogP contribution in [0.15, 0.2) is 18.2 Å². The van der Waals surface area contributed by atoms with E-state index in [0.29, 0.717) is 5.41 Å². The lowest BCUT2D eigenvalue weighted by Crippen LogP contribution is -2.21. The van der Waals surface area contributed by atoms with E-state index in [1.165, 1.54) is 25.7 Å². The fourth-order valence-electron chi connectivity index (χ4n) is 3.21. The molecule has 106 valence electrons. The number of benzene rings is 1. The fraction of sp³-hybridized carbons (Fsp3) is 0.533. The highest BCUT2D eigenvalue weighted by Gasteiger charge is 2.30. The van der Waals surface area contributed by atoms with Gasteiger partial charge in [0.05, 0.1) is 6.54 Å². The topological polar surface area (TPSA) is 69.6 Å². The molecule has 0 amide bonds. The molecule has 0 radical (unpaired) electrons. The molecule has 20 heavy (non-hydrogen) atoms. The molecule has 1 aromatic carbocycles. The van der Waals surface area contributed by atoms with Gasteiger partial charge in [-0.1, -0.05) is 19.8 Å². The number of tetrazole rings is 1. The second kappa shape index (κ2) is 4.89. The quantitative estimate of drug-likeness (QED) is 0.871. The second-order valence-electron chi connectivity index (χ2n) is 6.31. The van der Waals surface area contributed by atoms with Crippen molar-refractivity contribution in [2.45, 2.75) is 46.1 Å². The number of nitrogens with two attached hydrogens (primary N) is 1. The molecule has 0 aliphatic heterocycles. The highest BCUT2D eigenvalue weighted by molar-refractivity contribution is 5.62. The van der Waals surface area contributed by atoms with Crippen LogP contribution < -0.4 is 5.73 Å². The van der Waals surface area contributed by atoms with E-state index in [2.05, 4.69) is 28.5 Å². The molecule has 0 bridgehead atoms. The summed E-state index contributed by atoms with van der Waals surface area (Å²) < 4.78 is 1.93. The van der Waals surface area contributed by atoms with Gasteiger partial charge in [0.25, 0.3) is 0 Å². The predicted octanol–water partition coefficient (Wildman–Crippen LogP) is 2.81. The Morgan fingerprint density at radius 3 is 2.70 bits per heavy atom. The van der Waals surface area contributed by atoms with Crippen molar-refractivity contribution >= 4 is 5.69 Å². The third-order valence-electron chi connectivity index (χ3n) is 4.23. The molecular formula is C15H21N5. The van der Waals surface area contributed by atoms with Crippen molar-refractivity contribution in [2.24, 2.45) is 5.41 Å². The zero-order valence-corrected chi connectivity index (χ0v) is 12.1. The van der Waals surface area contributed by atoms with Gasteiger partial charge >= 0.3 is 0 Å². The first kappa shape index (κ1) is 13.1. The Labute approximate surface area is 119 Å². The summed E-state index contributed by atoms with van der Waals surface area (Å²) in [6.45, 7) is 5.24. The van der Waals surface area contributed by atoms with Crippen LogP contribution in [0.1, 0.15) is 38.2 Å². The molecular weight excluding hydrogens is 250 g/mol. The van der Waals surface area contributed by atoms with Crippen LogP contribution in [0.5, 0.6) is 0 Å². The lowest BCUT2D eigenvalue weighted by Gasteiger charge is -2.23. The lowest BCUT2D eigenvalue weighted by atomic mass is 9.89. The van der Waals surface area contributed by atoms with E-state index >= 15 is 0 Å². The van der Waals surface area contributed by atoms with Crippen LogP contribution in [0.3, 0.4) is 0 Å². The van der Waals surface area contributed by atoms with Gasteiger partial charge in [0.15, 0.2) is 5.82 Å². The Morgan fingerprint density at radius 1 is 1.25 bits per heavy atom. The minimum Gasteiger partial charge on any atom is -0.399 e. The van der Waals surface area contributed by atoms with E-state index in [1.807, 2.05) is 23.7 Å². The summed E-state index contributed by atoms with van der Waals surface area (Å²) in [7, 11) is 0. The number of hydrogen-bond donors (Lipinski definition) is 1. The van der Waals surface area contributed by atoms with E-state index < -0.39 is 0 Å². The Morgan fingerprint density at radius 2 is 2.00 bits per heavy atom. The minimum atomic E-state index is 0.319. The van der Waals surface area contributed by atoms with Crippen LogP contribution in [-0.2, 0) is 6.54 Å². The number of aryl methyl sites for hydroxylation is 1. The number of anilines is 1. The monoisotopic (exact) mass is 271 g/mol. The lowest BCUT2D eigenvalue weighted by molar-refractivity contribution is 0.267. The number of nitrogen functional groups attached to an aromatic ring is 1. The van der Waals surface area contributed by atoms with Crippen molar-refractivity contribution in [1.29, 1.82) is 0 Å². The van der Waals surface area contributed by atoms with Gasteiger partial charge in [0.1, 0.15) is 0 Å². The molecule has 1 fully saturated rings. The van der Waals surface area contributed by atoms with Crippen LogP contribution in [0.25, 0.3) is 11.4 Å².